The fourth-order valence-electron chi connectivity index (χ4n) is 2.27. The van der Waals surface area contributed by atoms with Crippen LogP contribution >= 0.6 is 0 Å². The lowest BCUT2D eigenvalue weighted by Crippen LogP contribution is -2.30. The molecule has 2 rings (SSSR count). The van der Waals surface area contributed by atoms with E-state index in [0.717, 1.165) is 31.4 Å². The highest BCUT2D eigenvalue weighted by atomic mass is 16.1. The van der Waals surface area contributed by atoms with Crippen LogP contribution in [0.15, 0.2) is 30.4 Å². The second kappa shape index (κ2) is 5.71. The van der Waals surface area contributed by atoms with Gasteiger partial charge in [0.25, 0.3) is 5.91 Å². The third-order valence-electron chi connectivity index (χ3n) is 3.55. The van der Waals surface area contributed by atoms with Crippen molar-refractivity contribution in [1.82, 2.24) is 5.32 Å². The minimum absolute atomic E-state index is 0.0191. The molecule has 0 aromatic heterocycles. The molecular formula is C15H20N2O. The molecule has 0 radical (unpaired) electrons. The average Bonchev–Trinajstić information content (AvgIpc) is 2.40. The third-order valence-corrected chi connectivity index (χ3v) is 3.55. The number of anilines is 1. The van der Waals surface area contributed by atoms with Crippen molar-refractivity contribution in [3.63, 3.8) is 0 Å². The molecule has 0 fully saturated rings. The summed E-state index contributed by atoms with van der Waals surface area (Å²) in [7, 11) is 0. The van der Waals surface area contributed by atoms with Crippen molar-refractivity contribution in [3.8, 4) is 0 Å². The lowest BCUT2D eigenvalue weighted by Gasteiger charge is -2.18. The van der Waals surface area contributed by atoms with E-state index in [1.807, 2.05) is 25.1 Å². The van der Waals surface area contributed by atoms with E-state index in [1.165, 1.54) is 0 Å². The van der Waals surface area contributed by atoms with Crippen LogP contribution in [0.4, 0.5) is 5.69 Å². The van der Waals surface area contributed by atoms with Gasteiger partial charge in [-0.2, -0.15) is 0 Å². The average molecular weight is 244 g/mol. The van der Waals surface area contributed by atoms with Gasteiger partial charge in [-0.15, -0.1) is 0 Å². The molecule has 1 aromatic rings. The minimum atomic E-state index is -0.0191. The number of carbonyl (C=O) groups is 1. The standard InChI is InChI=1S/C15H20N2O/c1-11-13(8-5-9-14(11)16)15(18)17-10-12-6-3-2-4-7-12/h2-3,5,8-9,12H,4,6-7,10,16H2,1H3,(H,17,18). The molecule has 3 nitrogen and oxygen atoms in total. The zero-order valence-corrected chi connectivity index (χ0v) is 10.8. The first kappa shape index (κ1) is 12.7. The molecule has 1 atom stereocenters. The number of carbonyl (C=O) groups excluding carboxylic acids is 1. The highest BCUT2D eigenvalue weighted by Crippen LogP contribution is 2.18. The summed E-state index contributed by atoms with van der Waals surface area (Å²) in [5, 5.41) is 3.01. The van der Waals surface area contributed by atoms with Crippen molar-refractivity contribution < 1.29 is 4.79 Å². The van der Waals surface area contributed by atoms with Gasteiger partial charge in [0.2, 0.25) is 0 Å². The van der Waals surface area contributed by atoms with Crippen molar-refractivity contribution in [2.75, 3.05) is 12.3 Å². The Labute approximate surface area is 108 Å². The van der Waals surface area contributed by atoms with E-state index < -0.39 is 0 Å². The van der Waals surface area contributed by atoms with Gasteiger partial charge in [-0.3, -0.25) is 4.79 Å². The van der Waals surface area contributed by atoms with Gasteiger partial charge in [0.1, 0.15) is 0 Å². The summed E-state index contributed by atoms with van der Waals surface area (Å²) >= 11 is 0. The Morgan fingerprint density at radius 3 is 3.00 bits per heavy atom. The Morgan fingerprint density at radius 2 is 2.28 bits per heavy atom. The number of benzene rings is 1. The zero-order valence-electron chi connectivity index (χ0n) is 10.8. The van der Waals surface area contributed by atoms with E-state index in [0.29, 0.717) is 17.2 Å². The van der Waals surface area contributed by atoms with Gasteiger partial charge in [0.05, 0.1) is 0 Å². The first-order valence-corrected chi connectivity index (χ1v) is 6.46. The number of amides is 1. The Bertz CT molecular complexity index is 466. The summed E-state index contributed by atoms with van der Waals surface area (Å²) < 4.78 is 0. The largest absolute Gasteiger partial charge is 0.398 e. The van der Waals surface area contributed by atoms with E-state index in [-0.39, 0.29) is 5.91 Å². The van der Waals surface area contributed by atoms with E-state index >= 15 is 0 Å². The summed E-state index contributed by atoms with van der Waals surface area (Å²) in [6.07, 6.45) is 7.76. The Morgan fingerprint density at radius 1 is 1.44 bits per heavy atom. The monoisotopic (exact) mass is 244 g/mol. The fourth-order valence-corrected chi connectivity index (χ4v) is 2.27. The van der Waals surface area contributed by atoms with Crippen LogP contribution < -0.4 is 11.1 Å². The van der Waals surface area contributed by atoms with Crippen LogP contribution in [0.2, 0.25) is 0 Å². The van der Waals surface area contributed by atoms with Gasteiger partial charge in [-0.25, -0.2) is 0 Å². The first-order chi connectivity index (χ1) is 8.68. The molecule has 96 valence electrons. The van der Waals surface area contributed by atoms with Gasteiger partial charge in [0.15, 0.2) is 0 Å². The lowest BCUT2D eigenvalue weighted by molar-refractivity contribution is 0.0945. The molecule has 0 saturated heterocycles. The predicted octanol–water partition coefficient (Wildman–Crippen LogP) is 2.66. The smallest absolute Gasteiger partial charge is 0.251 e. The molecule has 0 spiro atoms. The molecule has 3 heteroatoms. The third kappa shape index (κ3) is 2.92. The maximum Gasteiger partial charge on any atom is 0.251 e. The normalized spacial score (nSPS) is 18.6. The van der Waals surface area contributed by atoms with Crippen LogP contribution in [0.25, 0.3) is 0 Å². The molecule has 0 heterocycles. The summed E-state index contributed by atoms with van der Waals surface area (Å²) in [6.45, 7) is 2.63. The lowest BCUT2D eigenvalue weighted by atomic mass is 9.94. The molecule has 1 aliphatic carbocycles. The van der Waals surface area contributed by atoms with Gasteiger partial charge >= 0.3 is 0 Å². The van der Waals surface area contributed by atoms with Crippen LogP contribution in [-0.4, -0.2) is 12.5 Å². The Balaban J connectivity index is 1.95. The van der Waals surface area contributed by atoms with E-state index in [1.54, 1.807) is 0 Å². The Hall–Kier alpha value is -1.77. The maximum atomic E-state index is 12.1. The number of nitrogens with one attached hydrogen (secondary N) is 1. The van der Waals surface area contributed by atoms with Crippen molar-refractivity contribution in [3.05, 3.63) is 41.5 Å². The highest BCUT2D eigenvalue weighted by Gasteiger charge is 2.14. The van der Waals surface area contributed by atoms with E-state index in [2.05, 4.69) is 17.5 Å². The van der Waals surface area contributed by atoms with E-state index in [9.17, 15) is 4.79 Å². The molecule has 1 aromatic carbocycles. The number of hydrogen-bond donors (Lipinski definition) is 2. The molecule has 18 heavy (non-hydrogen) atoms. The maximum absolute atomic E-state index is 12.1. The number of nitrogens with two attached hydrogens (primary N) is 1. The van der Waals surface area contributed by atoms with Gasteiger partial charge < -0.3 is 11.1 Å². The summed E-state index contributed by atoms with van der Waals surface area (Å²) in [5.74, 6) is 0.551. The van der Waals surface area contributed by atoms with Gasteiger partial charge in [-0.1, -0.05) is 18.2 Å². The molecule has 0 saturated carbocycles. The van der Waals surface area contributed by atoms with Crippen LogP contribution in [0, 0.1) is 12.8 Å². The van der Waals surface area contributed by atoms with Crippen molar-refractivity contribution in [2.45, 2.75) is 26.2 Å². The number of allylic oxidation sites excluding steroid dienone is 2. The number of rotatable bonds is 3. The second-order valence-corrected chi connectivity index (χ2v) is 4.88. The molecule has 1 aliphatic rings. The fraction of sp³-hybridized carbons (Fsp3) is 0.400. The summed E-state index contributed by atoms with van der Waals surface area (Å²) in [6, 6.07) is 5.46. The molecular weight excluding hydrogens is 224 g/mol. The second-order valence-electron chi connectivity index (χ2n) is 4.88. The topological polar surface area (TPSA) is 55.1 Å². The summed E-state index contributed by atoms with van der Waals surface area (Å²) in [4.78, 5) is 12.1. The highest BCUT2D eigenvalue weighted by molar-refractivity contribution is 5.96. The summed E-state index contributed by atoms with van der Waals surface area (Å²) in [5.41, 5.74) is 8.02. The molecule has 1 unspecified atom stereocenters. The quantitative estimate of drug-likeness (QED) is 0.634. The van der Waals surface area contributed by atoms with Crippen LogP contribution in [-0.2, 0) is 0 Å². The van der Waals surface area contributed by atoms with Crippen molar-refractivity contribution in [2.24, 2.45) is 5.92 Å². The van der Waals surface area contributed by atoms with E-state index in [4.69, 9.17) is 5.73 Å². The van der Waals surface area contributed by atoms with Crippen molar-refractivity contribution in [1.29, 1.82) is 0 Å². The van der Waals surface area contributed by atoms with Crippen LogP contribution in [0.1, 0.15) is 35.2 Å². The molecule has 0 bridgehead atoms. The van der Waals surface area contributed by atoms with Gasteiger partial charge in [0, 0.05) is 17.8 Å². The number of hydrogen-bond acceptors (Lipinski definition) is 2. The Kier molecular flexibility index (Phi) is 4.03. The minimum Gasteiger partial charge on any atom is -0.398 e. The van der Waals surface area contributed by atoms with Crippen molar-refractivity contribution >= 4 is 11.6 Å². The zero-order chi connectivity index (χ0) is 13.0. The molecule has 1 amide bonds. The van der Waals surface area contributed by atoms with Crippen LogP contribution in [0.3, 0.4) is 0 Å². The van der Waals surface area contributed by atoms with Crippen LogP contribution in [0.5, 0.6) is 0 Å². The number of nitrogen functional groups attached to an aromatic ring is 1. The first-order valence-electron chi connectivity index (χ1n) is 6.46. The molecule has 0 aliphatic heterocycles. The molecule has 3 N–H and O–H groups in total. The SMILES string of the molecule is Cc1c(N)cccc1C(=O)NCC1CC=CCC1. The predicted molar refractivity (Wildman–Crippen MR) is 74.4 cm³/mol. The van der Waals surface area contributed by atoms with Gasteiger partial charge in [-0.05, 0) is 49.8 Å².